The van der Waals surface area contributed by atoms with Crippen molar-refractivity contribution < 1.29 is 27.5 Å². The quantitative estimate of drug-likeness (QED) is 0.727. The van der Waals surface area contributed by atoms with Gasteiger partial charge in [0.15, 0.2) is 5.54 Å². The molecule has 1 saturated heterocycles. The number of alkyl halides is 3. The van der Waals surface area contributed by atoms with Gasteiger partial charge in [-0.15, -0.1) is 0 Å². The third-order valence-corrected chi connectivity index (χ3v) is 4.48. The maximum atomic E-state index is 12.8. The van der Waals surface area contributed by atoms with E-state index in [1.807, 2.05) is 0 Å². The van der Waals surface area contributed by atoms with Crippen molar-refractivity contribution in [1.29, 1.82) is 0 Å². The van der Waals surface area contributed by atoms with Crippen molar-refractivity contribution in [2.75, 3.05) is 6.54 Å². The summed E-state index contributed by atoms with van der Waals surface area (Å²) in [4.78, 5) is 25.1. The van der Waals surface area contributed by atoms with Crippen LogP contribution in [0.15, 0.2) is 22.7 Å². The monoisotopic (exact) mass is 406 g/mol. The molecule has 2 heterocycles. The number of carbonyl (C=O) groups excluding carboxylic acids is 2. The Bertz CT molecular complexity index is 735. The normalized spacial score (nSPS) is 25.5. The van der Waals surface area contributed by atoms with Crippen molar-refractivity contribution in [1.82, 2.24) is 10.2 Å². The molecule has 9 heteroatoms. The lowest BCUT2D eigenvalue weighted by atomic mass is 9.77. The van der Waals surface area contributed by atoms with E-state index >= 15 is 0 Å². The van der Waals surface area contributed by atoms with Crippen LogP contribution in [0.3, 0.4) is 0 Å². The third-order valence-electron chi connectivity index (χ3n) is 3.99. The van der Waals surface area contributed by atoms with E-state index in [-0.39, 0.29) is 11.3 Å². The first kappa shape index (κ1) is 17.1. The average Bonchev–Trinajstić information content (AvgIpc) is 2.63. The SMILES string of the molecule is CC1(C)CC2(NC(=O)N(CC(F)(F)F)C2=O)c2cc(Br)ccc2O1. The molecule has 130 valence electrons. The Kier molecular flexibility index (Phi) is 3.63. The van der Waals surface area contributed by atoms with Gasteiger partial charge in [0.25, 0.3) is 5.91 Å². The number of hydrogen-bond acceptors (Lipinski definition) is 3. The van der Waals surface area contributed by atoms with Crippen molar-refractivity contribution in [2.45, 2.75) is 37.6 Å². The summed E-state index contributed by atoms with van der Waals surface area (Å²) in [7, 11) is 0. The number of rotatable bonds is 1. The van der Waals surface area contributed by atoms with E-state index in [0.717, 1.165) is 0 Å². The Morgan fingerprint density at radius 2 is 2.00 bits per heavy atom. The van der Waals surface area contributed by atoms with Gasteiger partial charge in [-0.1, -0.05) is 15.9 Å². The molecule has 0 aromatic heterocycles. The van der Waals surface area contributed by atoms with Crippen molar-refractivity contribution in [3.05, 3.63) is 28.2 Å². The minimum absolute atomic E-state index is 0.0301. The molecule has 1 atom stereocenters. The van der Waals surface area contributed by atoms with Crippen molar-refractivity contribution in [2.24, 2.45) is 0 Å². The molecule has 0 bridgehead atoms. The first-order chi connectivity index (χ1) is 10.9. The van der Waals surface area contributed by atoms with E-state index in [4.69, 9.17) is 4.74 Å². The number of nitrogens with one attached hydrogen (secondary N) is 1. The first-order valence-corrected chi connectivity index (χ1v) is 7.93. The highest BCUT2D eigenvalue weighted by Gasteiger charge is 2.59. The molecule has 0 saturated carbocycles. The van der Waals surface area contributed by atoms with Crippen LogP contribution >= 0.6 is 15.9 Å². The number of hydrogen-bond donors (Lipinski definition) is 1. The van der Waals surface area contributed by atoms with E-state index in [1.165, 1.54) is 0 Å². The smallest absolute Gasteiger partial charge is 0.406 e. The van der Waals surface area contributed by atoms with Crippen molar-refractivity contribution >= 4 is 27.9 Å². The number of fused-ring (bicyclic) bond motifs is 2. The van der Waals surface area contributed by atoms with Gasteiger partial charge in [0.05, 0.1) is 0 Å². The molecule has 1 N–H and O–H groups in total. The van der Waals surface area contributed by atoms with E-state index in [9.17, 15) is 22.8 Å². The van der Waals surface area contributed by atoms with E-state index in [0.29, 0.717) is 15.8 Å². The van der Waals surface area contributed by atoms with Crippen LogP contribution in [0, 0.1) is 0 Å². The van der Waals surface area contributed by atoms with Gasteiger partial charge < -0.3 is 10.1 Å². The maximum Gasteiger partial charge on any atom is 0.406 e. The number of ether oxygens (including phenoxy) is 1. The minimum Gasteiger partial charge on any atom is -0.487 e. The number of amides is 3. The van der Waals surface area contributed by atoms with Crippen LogP contribution in [-0.4, -0.2) is 35.2 Å². The fourth-order valence-corrected chi connectivity index (χ4v) is 3.60. The van der Waals surface area contributed by atoms with Gasteiger partial charge in [-0.3, -0.25) is 9.69 Å². The molecule has 3 amide bonds. The molecule has 5 nitrogen and oxygen atoms in total. The third kappa shape index (κ3) is 2.74. The van der Waals surface area contributed by atoms with Gasteiger partial charge in [-0.05, 0) is 32.0 Å². The molecular weight excluding hydrogens is 393 g/mol. The summed E-state index contributed by atoms with van der Waals surface area (Å²) in [5, 5.41) is 2.47. The fourth-order valence-electron chi connectivity index (χ4n) is 3.24. The molecule has 1 spiro atoms. The zero-order chi connectivity index (χ0) is 17.9. The predicted octanol–water partition coefficient (Wildman–Crippen LogP) is 3.32. The topological polar surface area (TPSA) is 58.6 Å². The van der Waals surface area contributed by atoms with Gasteiger partial charge in [0.2, 0.25) is 0 Å². The zero-order valence-electron chi connectivity index (χ0n) is 12.8. The highest BCUT2D eigenvalue weighted by molar-refractivity contribution is 9.10. The lowest BCUT2D eigenvalue weighted by Gasteiger charge is -2.42. The van der Waals surface area contributed by atoms with E-state index in [2.05, 4.69) is 21.2 Å². The second-order valence-electron chi connectivity index (χ2n) is 6.52. The Balaban J connectivity index is 2.12. The lowest BCUT2D eigenvalue weighted by molar-refractivity contribution is -0.156. The van der Waals surface area contributed by atoms with E-state index < -0.39 is 35.8 Å². The summed E-state index contributed by atoms with van der Waals surface area (Å²) in [6.45, 7) is 1.81. The standard InChI is InChI=1S/C15H14BrF3N2O3/c1-13(2)6-14(9-5-8(16)3-4-10(9)24-13)11(22)21(12(23)20-14)7-15(17,18)19/h3-5H,6-7H2,1-2H3,(H,20,23). The van der Waals surface area contributed by atoms with Crippen LogP contribution in [-0.2, 0) is 10.3 Å². The molecule has 3 rings (SSSR count). The molecule has 1 aromatic carbocycles. The highest BCUT2D eigenvalue weighted by Crippen LogP contribution is 2.47. The van der Waals surface area contributed by atoms with Gasteiger partial charge in [-0.2, -0.15) is 13.2 Å². The van der Waals surface area contributed by atoms with E-state index in [1.54, 1.807) is 32.0 Å². The number of halogens is 4. The highest BCUT2D eigenvalue weighted by atomic mass is 79.9. The summed E-state index contributed by atoms with van der Waals surface area (Å²) in [6, 6.07) is 3.84. The Hall–Kier alpha value is -1.77. The number of imide groups is 1. The van der Waals surface area contributed by atoms with Gasteiger partial charge in [-0.25, -0.2) is 4.79 Å². The molecule has 24 heavy (non-hydrogen) atoms. The summed E-state index contributed by atoms with van der Waals surface area (Å²) in [6.07, 6.45) is -4.64. The molecule has 0 aliphatic carbocycles. The number of nitrogens with zero attached hydrogens (tertiary/aromatic N) is 1. The second-order valence-corrected chi connectivity index (χ2v) is 7.44. The van der Waals surface area contributed by atoms with Crippen molar-refractivity contribution in [3.63, 3.8) is 0 Å². The fraction of sp³-hybridized carbons (Fsp3) is 0.467. The minimum atomic E-state index is -4.67. The van der Waals surface area contributed by atoms with Gasteiger partial charge in [0, 0.05) is 16.5 Å². The predicted molar refractivity (Wildman–Crippen MR) is 81.4 cm³/mol. The molecule has 1 fully saturated rings. The Morgan fingerprint density at radius 1 is 1.33 bits per heavy atom. The van der Waals surface area contributed by atoms with Crippen LogP contribution in [0.2, 0.25) is 0 Å². The second kappa shape index (κ2) is 5.11. The molecule has 0 radical (unpaired) electrons. The molecule has 1 aromatic rings. The van der Waals surface area contributed by atoms with Crippen molar-refractivity contribution in [3.8, 4) is 5.75 Å². The van der Waals surface area contributed by atoms with Crippen LogP contribution in [0.4, 0.5) is 18.0 Å². The van der Waals surface area contributed by atoms with Gasteiger partial charge >= 0.3 is 12.2 Å². The summed E-state index contributed by atoms with van der Waals surface area (Å²) in [5.74, 6) is -0.558. The summed E-state index contributed by atoms with van der Waals surface area (Å²) < 4.78 is 44.6. The average molecular weight is 407 g/mol. The largest absolute Gasteiger partial charge is 0.487 e. The number of urea groups is 1. The Morgan fingerprint density at radius 3 is 2.62 bits per heavy atom. The zero-order valence-corrected chi connectivity index (χ0v) is 14.4. The number of benzene rings is 1. The van der Waals surface area contributed by atoms with Crippen LogP contribution in [0.25, 0.3) is 0 Å². The van der Waals surface area contributed by atoms with Crippen LogP contribution in [0.5, 0.6) is 5.75 Å². The molecule has 2 aliphatic heterocycles. The molecule has 2 aliphatic rings. The van der Waals surface area contributed by atoms with Gasteiger partial charge in [0.1, 0.15) is 17.9 Å². The number of carbonyl (C=O) groups is 2. The summed E-state index contributed by atoms with van der Waals surface area (Å²) in [5.41, 5.74) is -2.06. The maximum absolute atomic E-state index is 12.8. The summed E-state index contributed by atoms with van der Waals surface area (Å²) >= 11 is 3.28. The van der Waals surface area contributed by atoms with Crippen LogP contribution < -0.4 is 10.1 Å². The Labute approximate surface area is 144 Å². The first-order valence-electron chi connectivity index (χ1n) is 7.13. The van der Waals surface area contributed by atoms with Crippen LogP contribution in [0.1, 0.15) is 25.8 Å². The lowest BCUT2D eigenvalue weighted by Crippen LogP contribution is -2.54. The molecule has 1 unspecified atom stereocenters. The molecular formula is C15H14BrF3N2O3.